The lowest BCUT2D eigenvalue weighted by atomic mass is 10.1. The molecule has 0 fully saturated rings. The van der Waals surface area contributed by atoms with E-state index in [2.05, 4.69) is 21.5 Å². The van der Waals surface area contributed by atoms with Gasteiger partial charge in [-0.3, -0.25) is 9.48 Å². The summed E-state index contributed by atoms with van der Waals surface area (Å²) in [6.45, 7) is 4.36. The number of hydrogen-bond donors (Lipinski definition) is 1. The maximum Gasteiger partial charge on any atom is 0.249 e. The smallest absolute Gasteiger partial charge is 0.249 e. The maximum absolute atomic E-state index is 12.6. The molecule has 2 aromatic heterocycles. The lowest BCUT2D eigenvalue weighted by Crippen LogP contribution is -2.53. The van der Waals surface area contributed by atoms with Crippen LogP contribution in [-0.4, -0.2) is 52.0 Å². The van der Waals surface area contributed by atoms with Crippen molar-refractivity contribution in [2.75, 3.05) is 24.4 Å². The normalized spacial score (nSPS) is 16.2. The third-order valence-corrected chi connectivity index (χ3v) is 5.93. The highest BCUT2D eigenvalue weighted by molar-refractivity contribution is 6.03. The SMILES string of the molecule is CO[C@H](C)[C@H]1C(=O)Nc2c(C)nc(CCc3cnn(Cc4cccc(C#N)c4)c3)nc2N1C. The summed E-state index contributed by atoms with van der Waals surface area (Å²) < 4.78 is 7.26. The van der Waals surface area contributed by atoms with Crippen molar-refractivity contribution < 1.29 is 9.53 Å². The zero-order valence-electron chi connectivity index (χ0n) is 19.2. The predicted octanol–water partition coefficient (Wildman–Crippen LogP) is 2.48. The van der Waals surface area contributed by atoms with Crippen LogP contribution in [0.25, 0.3) is 0 Å². The molecular weight excluding hydrogens is 418 g/mol. The van der Waals surface area contributed by atoms with Gasteiger partial charge in [0, 0.05) is 26.8 Å². The number of benzene rings is 1. The van der Waals surface area contributed by atoms with E-state index in [-0.39, 0.29) is 12.0 Å². The molecule has 3 aromatic rings. The Hall–Kier alpha value is -3.77. The van der Waals surface area contributed by atoms with Crippen molar-refractivity contribution in [3.8, 4) is 6.07 Å². The molecule has 3 heterocycles. The van der Waals surface area contributed by atoms with Crippen LogP contribution in [0.5, 0.6) is 0 Å². The summed E-state index contributed by atoms with van der Waals surface area (Å²) in [5, 5.41) is 16.5. The fourth-order valence-corrected chi connectivity index (χ4v) is 4.09. The van der Waals surface area contributed by atoms with E-state index in [0.717, 1.165) is 23.2 Å². The van der Waals surface area contributed by atoms with Crippen molar-refractivity contribution >= 4 is 17.4 Å². The number of aryl methyl sites for hydroxylation is 3. The number of likely N-dealkylation sites (N-methyl/N-ethyl adjacent to an activating group) is 1. The van der Waals surface area contributed by atoms with Crippen molar-refractivity contribution in [1.82, 2.24) is 19.7 Å². The highest BCUT2D eigenvalue weighted by Gasteiger charge is 2.37. The van der Waals surface area contributed by atoms with Crippen molar-refractivity contribution in [1.29, 1.82) is 5.26 Å². The maximum atomic E-state index is 12.6. The summed E-state index contributed by atoms with van der Waals surface area (Å²) in [5.74, 6) is 1.30. The average Bonchev–Trinajstić information content (AvgIpc) is 3.25. The van der Waals surface area contributed by atoms with E-state index in [0.29, 0.717) is 35.9 Å². The molecule has 0 aliphatic carbocycles. The molecule has 0 radical (unpaired) electrons. The zero-order chi connectivity index (χ0) is 23.5. The summed E-state index contributed by atoms with van der Waals surface area (Å²) in [6, 6.07) is 9.24. The van der Waals surface area contributed by atoms with Gasteiger partial charge in [-0.25, -0.2) is 9.97 Å². The number of nitriles is 1. The first-order chi connectivity index (χ1) is 15.9. The molecule has 33 heavy (non-hydrogen) atoms. The van der Waals surface area contributed by atoms with Crippen molar-refractivity contribution in [2.24, 2.45) is 0 Å². The van der Waals surface area contributed by atoms with Gasteiger partial charge in [0.2, 0.25) is 5.91 Å². The molecule has 1 aromatic carbocycles. The van der Waals surface area contributed by atoms with Crippen molar-refractivity contribution in [3.05, 3.63) is 64.9 Å². The molecule has 0 bridgehead atoms. The van der Waals surface area contributed by atoms with Crippen LogP contribution in [-0.2, 0) is 28.9 Å². The first kappa shape index (κ1) is 22.4. The van der Waals surface area contributed by atoms with E-state index in [1.54, 1.807) is 13.2 Å². The Bertz CT molecular complexity index is 1210. The molecule has 4 rings (SSSR count). The molecule has 9 heteroatoms. The third-order valence-electron chi connectivity index (χ3n) is 5.93. The molecule has 0 unspecified atom stereocenters. The van der Waals surface area contributed by atoms with E-state index in [1.165, 1.54) is 0 Å². The van der Waals surface area contributed by atoms with Gasteiger partial charge in [0.05, 0.1) is 36.2 Å². The van der Waals surface area contributed by atoms with E-state index in [4.69, 9.17) is 15.0 Å². The second-order valence-electron chi connectivity index (χ2n) is 8.27. The molecule has 9 nitrogen and oxygen atoms in total. The van der Waals surface area contributed by atoms with Gasteiger partial charge in [-0.1, -0.05) is 12.1 Å². The van der Waals surface area contributed by atoms with Crippen molar-refractivity contribution in [2.45, 2.75) is 45.4 Å². The fourth-order valence-electron chi connectivity index (χ4n) is 4.09. The summed E-state index contributed by atoms with van der Waals surface area (Å²) >= 11 is 0. The van der Waals surface area contributed by atoms with E-state index in [1.807, 2.05) is 61.1 Å². The van der Waals surface area contributed by atoms with E-state index < -0.39 is 6.04 Å². The highest BCUT2D eigenvalue weighted by Crippen LogP contribution is 2.32. The fraction of sp³-hybridized carbons (Fsp3) is 0.375. The van der Waals surface area contributed by atoms with Crippen LogP contribution in [0.15, 0.2) is 36.7 Å². The molecule has 2 atom stereocenters. The molecule has 0 spiro atoms. The second kappa shape index (κ2) is 9.38. The molecule has 0 saturated carbocycles. The number of fused-ring (bicyclic) bond motifs is 1. The number of amides is 1. The molecular formula is C24H27N7O2. The van der Waals surface area contributed by atoms with Gasteiger partial charge in [-0.15, -0.1) is 0 Å². The number of aromatic nitrogens is 4. The monoisotopic (exact) mass is 445 g/mol. The Morgan fingerprint density at radius 3 is 2.85 bits per heavy atom. The van der Waals surface area contributed by atoms with Gasteiger partial charge in [0.15, 0.2) is 5.82 Å². The largest absolute Gasteiger partial charge is 0.379 e. The number of anilines is 2. The first-order valence-corrected chi connectivity index (χ1v) is 10.8. The van der Waals surface area contributed by atoms with Crippen LogP contribution in [0, 0.1) is 18.3 Å². The topological polar surface area (TPSA) is 109 Å². The summed E-state index contributed by atoms with van der Waals surface area (Å²) in [6.07, 6.45) is 4.97. The summed E-state index contributed by atoms with van der Waals surface area (Å²) in [7, 11) is 3.46. The number of methoxy groups -OCH3 is 1. The van der Waals surface area contributed by atoms with Crippen LogP contribution >= 0.6 is 0 Å². The van der Waals surface area contributed by atoms with Gasteiger partial charge in [-0.05, 0) is 43.5 Å². The Labute approximate surface area is 193 Å². The van der Waals surface area contributed by atoms with Crippen LogP contribution in [0.4, 0.5) is 11.5 Å². The standard InChI is InChI=1S/C24H27N7O2/c1-15-21-23(30(3)22(16(2)33-4)24(32)29-21)28-20(27-15)9-8-19-12-26-31(14-19)13-18-7-5-6-17(10-18)11-25/h5-7,10,12,14,16,22H,8-9,13H2,1-4H3,(H,29,32)/t16-,22+/m1/s1. The Morgan fingerprint density at radius 2 is 2.09 bits per heavy atom. The molecule has 1 aliphatic heterocycles. The number of rotatable bonds is 7. The number of hydrogen-bond acceptors (Lipinski definition) is 7. The minimum absolute atomic E-state index is 0.119. The third kappa shape index (κ3) is 4.71. The van der Waals surface area contributed by atoms with Crippen LogP contribution in [0.2, 0.25) is 0 Å². The number of carbonyl (C=O) groups is 1. The molecule has 1 N–H and O–H groups in total. The number of carbonyl (C=O) groups excluding carboxylic acids is 1. The second-order valence-corrected chi connectivity index (χ2v) is 8.27. The predicted molar refractivity (Wildman–Crippen MR) is 124 cm³/mol. The molecule has 1 aliphatic rings. The van der Waals surface area contributed by atoms with Gasteiger partial charge in [0.1, 0.15) is 17.6 Å². The quantitative estimate of drug-likeness (QED) is 0.595. The van der Waals surface area contributed by atoms with Gasteiger partial charge in [-0.2, -0.15) is 10.4 Å². The highest BCUT2D eigenvalue weighted by atomic mass is 16.5. The number of ether oxygens (including phenoxy) is 1. The van der Waals surface area contributed by atoms with Gasteiger partial charge >= 0.3 is 0 Å². The minimum atomic E-state index is -0.456. The lowest BCUT2D eigenvalue weighted by molar-refractivity contribution is -0.120. The molecule has 1 amide bonds. The number of nitrogens with one attached hydrogen (secondary N) is 1. The van der Waals surface area contributed by atoms with Crippen LogP contribution < -0.4 is 10.2 Å². The van der Waals surface area contributed by atoms with E-state index in [9.17, 15) is 4.79 Å². The minimum Gasteiger partial charge on any atom is -0.379 e. The Morgan fingerprint density at radius 1 is 1.27 bits per heavy atom. The van der Waals surface area contributed by atoms with Gasteiger partial charge < -0.3 is 15.0 Å². The summed E-state index contributed by atoms with van der Waals surface area (Å²) in [4.78, 5) is 23.8. The lowest BCUT2D eigenvalue weighted by Gasteiger charge is -2.37. The number of nitrogens with zero attached hydrogens (tertiary/aromatic N) is 6. The van der Waals surface area contributed by atoms with Crippen molar-refractivity contribution in [3.63, 3.8) is 0 Å². The van der Waals surface area contributed by atoms with Crippen LogP contribution in [0.3, 0.4) is 0 Å². The molecule has 170 valence electrons. The van der Waals surface area contributed by atoms with Crippen LogP contribution in [0.1, 0.15) is 35.1 Å². The first-order valence-electron chi connectivity index (χ1n) is 10.8. The average molecular weight is 446 g/mol. The molecule has 0 saturated heterocycles. The summed E-state index contributed by atoms with van der Waals surface area (Å²) in [5.41, 5.74) is 4.15. The zero-order valence-corrected chi connectivity index (χ0v) is 19.2. The van der Waals surface area contributed by atoms with E-state index >= 15 is 0 Å². The Kier molecular flexibility index (Phi) is 6.38. The Balaban J connectivity index is 1.47. The van der Waals surface area contributed by atoms with Gasteiger partial charge in [0.25, 0.3) is 0 Å².